The van der Waals surface area contributed by atoms with Gasteiger partial charge in [-0.1, -0.05) is 0 Å². The van der Waals surface area contributed by atoms with E-state index in [2.05, 4.69) is 4.72 Å². The fourth-order valence-corrected chi connectivity index (χ4v) is 2.85. The number of halogens is 1. The Morgan fingerprint density at radius 3 is 2.24 bits per heavy atom. The Bertz CT molecular complexity index is 789. The van der Waals surface area contributed by atoms with Crippen LogP contribution in [0.2, 0.25) is 0 Å². The summed E-state index contributed by atoms with van der Waals surface area (Å²) < 4.78 is 39.4. The Morgan fingerprint density at radius 2 is 1.71 bits per heavy atom. The van der Waals surface area contributed by atoms with E-state index >= 15 is 0 Å². The average molecular weight is 309 g/mol. The molecule has 21 heavy (non-hydrogen) atoms. The summed E-state index contributed by atoms with van der Waals surface area (Å²) in [4.78, 5) is 10.8. The summed E-state index contributed by atoms with van der Waals surface area (Å²) in [6.45, 7) is 0. The maximum atomic E-state index is 12.8. The smallest absolute Gasteiger partial charge is 0.263 e. The van der Waals surface area contributed by atoms with Crippen molar-refractivity contribution in [2.24, 2.45) is 5.73 Å². The lowest BCUT2D eigenvalue weighted by Crippen LogP contribution is -2.16. The summed E-state index contributed by atoms with van der Waals surface area (Å²) in [6, 6.07) is 8.43. The predicted octanol–water partition coefficient (Wildman–Crippen LogP) is 1.31. The summed E-state index contributed by atoms with van der Waals surface area (Å²) >= 11 is 0. The summed E-state index contributed by atoms with van der Waals surface area (Å²) in [5.74, 6) is -1.19. The number of nitrogens with two attached hydrogens (primary N) is 2. The van der Waals surface area contributed by atoms with Crippen LogP contribution in [-0.2, 0) is 10.0 Å². The maximum Gasteiger partial charge on any atom is 0.263 e. The van der Waals surface area contributed by atoms with Crippen LogP contribution < -0.4 is 16.2 Å². The number of rotatable bonds is 4. The molecule has 1 amide bonds. The van der Waals surface area contributed by atoms with Crippen molar-refractivity contribution in [3.63, 3.8) is 0 Å². The zero-order chi connectivity index (χ0) is 15.6. The molecule has 2 aromatic rings. The molecule has 0 heterocycles. The van der Waals surface area contributed by atoms with Crippen LogP contribution in [0, 0.1) is 5.82 Å². The minimum absolute atomic E-state index is 0.105. The van der Waals surface area contributed by atoms with Crippen LogP contribution in [0.25, 0.3) is 0 Å². The predicted molar refractivity (Wildman–Crippen MR) is 76.6 cm³/mol. The molecule has 0 aliphatic rings. The van der Waals surface area contributed by atoms with E-state index in [1.165, 1.54) is 30.3 Å². The first-order valence-corrected chi connectivity index (χ1v) is 7.25. The Labute approximate surface area is 120 Å². The molecule has 6 nitrogen and oxygen atoms in total. The molecule has 2 aromatic carbocycles. The standard InChI is InChI=1S/C13H12FN3O3S/c14-9-2-4-10(5-3-9)17-21(19,20)12-6-1-8(13(16)18)7-11(12)15/h1-7,17H,15H2,(H2,16,18). The highest BCUT2D eigenvalue weighted by molar-refractivity contribution is 7.92. The van der Waals surface area contributed by atoms with Gasteiger partial charge in [0.15, 0.2) is 0 Å². The first kappa shape index (κ1) is 14.8. The lowest BCUT2D eigenvalue weighted by atomic mass is 10.2. The Kier molecular flexibility index (Phi) is 3.81. The highest BCUT2D eigenvalue weighted by Crippen LogP contribution is 2.22. The first-order chi connectivity index (χ1) is 9.79. The number of hydrogen-bond acceptors (Lipinski definition) is 4. The molecular weight excluding hydrogens is 297 g/mol. The molecule has 0 fully saturated rings. The van der Waals surface area contributed by atoms with E-state index < -0.39 is 21.7 Å². The van der Waals surface area contributed by atoms with Gasteiger partial charge in [0.2, 0.25) is 5.91 Å². The second-order valence-corrected chi connectivity index (χ2v) is 5.88. The van der Waals surface area contributed by atoms with Crippen molar-refractivity contribution < 1.29 is 17.6 Å². The number of carbonyl (C=O) groups is 1. The summed E-state index contributed by atoms with van der Waals surface area (Å²) in [6.07, 6.45) is 0. The zero-order valence-corrected chi connectivity index (χ0v) is 11.5. The molecule has 0 unspecified atom stereocenters. The molecule has 0 aromatic heterocycles. The number of benzene rings is 2. The maximum absolute atomic E-state index is 12.8. The van der Waals surface area contributed by atoms with Gasteiger partial charge in [0.05, 0.1) is 5.69 Å². The minimum Gasteiger partial charge on any atom is -0.398 e. The summed E-state index contributed by atoms with van der Waals surface area (Å²) in [7, 11) is -3.95. The molecule has 5 N–H and O–H groups in total. The average Bonchev–Trinajstić information content (AvgIpc) is 2.40. The number of nitrogen functional groups attached to an aromatic ring is 1. The normalized spacial score (nSPS) is 11.1. The second kappa shape index (κ2) is 5.41. The van der Waals surface area contributed by atoms with E-state index in [0.29, 0.717) is 0 Å². The number of hydrogen-bond donors (Lipinski definition) is 3. The molecule has 0 bridgehead atoms. The van der Waals surface area contributed by atoms with Gasteiger partial charge in [-0.05, 0) is 42.5 Å². The van der Waals surface area contributed by atoms with Gasteiger partial charge in [0, 0.05) is 11.3 Å². The number of primary amides is 1. The van der Waals surface area contributed by atoms with E-state index in [4.69, 9.17) is 11.5 Å². The second-order valence-electron chi connectivity index (χ2n) is 4.23. The van der Waals surface area contributed by atoms with Crippen molar-refractivity contribution >= 4 is 27.3 Å². The lowest BCUT2D eigenvalue weighted by Gasteiger charge is -2.10. The van der Waals surface area contributed by atoms with Crippen molar-refractivity contribution in [1.82, 2.24) is 0 Å². The molecule has 0 saturated carbocycles. The molecule has 0 atom stereocenters. The van der Waals surface area contributed by atoms with Crippen molar-refractivity contribution in [2.75, 3.05) is 10.5 Å². The van der Waals surface area contributed by atoms with Crippen LogP contribution in [0.4, 0.5) is 15.8 Å². The van der Waals surface area contributed by atoms with Gasteiger partial charge in [-0.15, -0.1) is 0 Å². The number of carbonyl (C=O) groups excluding carboxylic acids is 1. The third-order valence-electron chi connectivity index (χ3n) is 2.68. The van der Waals surface area contributed by atoms with Crippen molar-refractivity contribution in [2.45, 2.75) is 4.90 Å². The highest BCUT2D eigenvalue weighted by atomic mass is 32.2. The van der Waals surface area contributed by atoms with Crippen LogP contribution in [0.3, 0.4) is 0 Å². The molecule has 0 spiro atoms. The monoisotopic (exact) mass is 309 g/mol. The molecule has 2 rings (SSSR count). The van der Waals surface area contributed by atoms with Crippen molar-refractivity contribution in [3.8, 4) is 0 Å². The van der Waals surface area contributed by atoms with Gasteiger partial charge in [-0.25, -0.2) is 12.8 Å². The fourth-order valence-electron chi connectivity index (χ4n) is 1.67. The molecule has 0 aliphatic heterocycles. The van der Waals surface area contributed by atoms with Crippen LogP contribution >= 0.6 is 0 Å². The quantitative estimate of drug-likeness (QED) is 0.738. The molecular formula is C13H12FN3O3S. The van der Waals surface area contributed by atoms with Crippen LogP contribution in [0.5, 0.6) is 0 Å². The zero-order valence-electron chi connectivity index (χ0n) is 10.7. The van der Waals surface area contributed by atoms with Gasteiger partial charge in [0.1, 0.15) is 10.7 Å². The molecule has 110 valence electrons. The van der Waals surface area contributed by atoms with Gasteiger partial charge >= 0.3 is 0 Å². The lowest BCUT2D eigenvalue weighted by molar-refractivity contribution is 0.1000. The van der Waals surface area contributed by atoms with Gasteiger partial charge < -0.3 is 11.5 Å². The topological polar surface area (TPSA) is 115 Å². The SMILES string of the molecule is NC(=O)c1ccc(S(=O)(=O)Nc2ccc(F)cc2)c(N)c1. The van der Waals surface area contributed by atoms with Gasteiger partial charge in [-0.2, -0.15) is 0 Å². The molecule has 0 aliphatic carbocycles. The Hall–Kier alpha value is -2.61. The first-order valence-electron chi connectivity index (χ1n) is 5.77. The number of amides is 1. The number of nitrogens with one attached hydrogen (secondary N) is 1. The van der Waals surface area contributed by atoms with E-state index in [1.54, 1.807) is 0 Å². The minimum atomic E-state index is -3.95. The van der Waals surface area contributed by atoms with E-state index in [-0.39, 0.29) is 21.8 Å². The molecule has 0 radical (unpaired) electrons. The summed E-state index contributed by atoms with van der Waals surface area (Å²) in [5, 5.41) is 0. The Balaban J connectivity index is 2.35. The number of sulfonamides is 1. The summed E-state index contributed by atoms with van der Waals surface area (Å²) in [5.41, 5.74) is 10.9. The third-order valence-corrected chi connectivity index (χ3v) is 4.14. The van der Waals surface area contributed by atoms with Gasteiger partial charge in [-0.3, -0.25) is 9.52 Å². The van der Waals surface area contributed by atoms with E-state index in [9.17, 15) is 17.6 Å². The van der Waals surface area contributed by atoms with Crippen LogP contribution in [0.15, 0.2) is 47.4 Å². The highest BCUT2D eigenvalue weighted by Gasteiger charge is 2.18. The van der Waals surface area contributed by atoms with Crippen LogP contribution in [0.1, 0.15) is 10.4 Å². The largest absolute Gasteiger partial charge is 0.398 e. The number of anilines is 2. The molecule has 0 saturated heterocycles. The third kappa shape index (κ3) is 3.29. The fraction of sp³-hybridized carbons (Fsp3) is 0. The van der Waals surface area contributed by atoms with Crippen molar-refractivity contribution in [3.05, 3.63) is 53.8 Å². The van der Waals surface area contributed by atoms with E-state index in [0.717, 1.165) is 12.1 Å². The van der Waals surface area contributed by atoms with Crippen molar-refractivity contribution in [1.29, 1.82) is 0 Å². The van der Waals surface area contributed by atoms with Gasteiger partial charge in [0.25, 0.3) is 10.0 Å². The van der Waals surface area contributed by atoms with E-state index in [1.807, 2.05) is 0 Å². The molecule has 8 heteroatoms. The Morgan fingerprint density at radius 1 is 1.10 bits per heavy atom. The van der Waals surface area contributed by atoms with Crippen LogP contribution in [-0.4, -0.2) is 14.3 Å².